The van der Waals surface area contributed by atoms with Crippen LogP contribution in [0, 0.1) is 5.41 Å². The minimum Gasteiger partial charge on any atom is -0.481 e. The second kappa shape index (κ2) is 8.08. The lowest BCUT2D eigenvalue weighted by molar-refractivity contribution is -0.156. The van der Waals surface area contributed by atoms with Crippen LogP contribution in [0.5, 0.6) is 0 Å². The lowest BCUT2D eigenvalue weighted by Gasteiger charge is -2.28. The smallest absolute Gasteiger partial charge is 0.311 e. The van der Waals surface area contributed by atoms with Crippen LogP contribution in [0.2, 0.25) is 0 Å². The summed E-state index contributed by atoms with van der Waals surface area (Å²) < 4.78 is 10.0. The van der Waals surface area contributed by atoms with Crippen LogP contribution in [0.1, 0.15) is 46.5 Å². The Bertz CT molecular complexity index is 277. The molecule has 0 aliphatic heterocycles. The molecule has 0 radical (unpaired) electrons. The highest BCUT2D eigenvalue weighted by atomic mass is 16.5. The monoisotopic (exact) mass is 260 g/mol. The summed E-state index contributed by atoms with van der Waals surface area (Å²) in [6.45, 7) is 5.67. The molecular weight excluding hydrogens is 236 g/mol. The molecule has 0 aliphatic carbocycles. The first-order valence-electron chi connectivity index (χ1n) is 6.33. The summed E-state index contributed by atoms with van der Waals surface area (Å²) >= 11 is 0. The first kappa shape index (κ1) is 16.9. The van der Waals surface area contributed by atoms with Crippen LogP contribution < -0.4 is 0 Å². The van der Waals surface area contributed by atoms with E-state index in [1.807, 2.05) is 13.8 Å². The lowest BCUT2D eigenvalue weighted by atomic mass is 9.81. The van der Waals surface area contributed by atoms with Crippen molar-refractivity contribution in [3.05, 3.63) is 0 Å². The third-order valence-corrected chi connectivity index (χ3v) is 3.18. The van der Waals surface area contributed by atoms with Gasteiger partial charge in [-0.15, -0.1) is 0 Å². The Kier molecular flexibility index (Phi) is 7.59. The summed E-state index contributed by atoms with van der Waals surface area (Å²) in [7, 11) is 1.32. The number of carboxylic acids is 1. The second-order valence-corrected chi connectivity index (χ2v) is 4.59. The van der Waals surface area contributed by atoms with Crippen molar-refractivity contribution in [2.45, 2.75) is 52.6 Å². The molecule has 0 fully saturated rings. The standard InChI is InChI=1S/C13H24O5/c1-5-7-13(6-2,12(15)16)9-18-10(3)8-11(14)17-4/h10H,5-9H2,1-4H3,(H,15,16). The van der Waals surface area contributed by atoms with Crippen LogP contribution in [-0.4, -0.2) is 36.9 Å². The maximum atomic E-state index is 11.4. The minimum absolute atomic E-state index is 0.130. The first-order chi connectivity index (χ1) is 8.41. The molecule has 0 aromatic rings. The van der Waals surface area contributed by atoms with Gasteiger partial charge in [0, 0.05) is 0 Å². The molecule has 18 heavy (non-hydrogen) atoms. The van der Waals surface area contributed by atoms with E-state index in [4.69, 9.17) is 4.74 Å². The first-order valence-corrected chi connectivity index (χ1v) is 6.33. The van der Waals surface area contributed by atoms with Crippen molar-refractivity contribution in [3.8, 4) is 0 Å². The molecule has 0 heterocycles. The van der Waals surface area contributed by atoms with E-state index < -0.39 is 11.4 Å². The summed E-state index contributed by atoms with van der Waals surface area (Å²) in [4.78, 5) is 22.4. The van der Waals surface area contributed by atoms with E-state index in [1.165, 1.54) is 7.11 Å². The molecule has 5 nitrogen and oxygen atoms in total. The Morgan fingerprint density at radius 2 is 1.94 bits per heavy atom. The minimum atomic E-state index is -0.848. The van der Waals surface area contributed by atoms with Crippen molar-refractivity contribution in [1.82, 2.24) is 0 Å². The zero-order valence-corrected chi connectivity index (χ0v) is 11.7. The van der Waals surface area contributed by atoms with Crippen LogP contribution in [-0.2, 0) is 19.1 Å². The predicted octanol–water partition coefficient (Wildman–Crippen LogP) is 2.24. The summed E-state index contributed by atoms with van der Waals surface area (Å²) in [5.74, 6) is -1.19. The van der Waals surface area contributed by atoms with E-state index in [2.05, 4.69) is 4.74 Å². The number of rotatable bonds is 9. The summed E-state index contributed by atoms with van der Waals surface area (Å²) in [6.07, 6.45) is 1.68. The number of aliphatic carboxylic acids is 1. The van der Waals surface area contributed by atoms with Gasteiger partial charge in [0.05, 0.1) is 31.7 Å². The van der Waals surface area contributed by atoms with Crippen LogP contribution in [0.25, 0.3) is 0 Å². The van der Waals surface area contributed by atoms with Gasteiger partial charge >= 0.3 is 11.9 Å². The van der Waals surface area contributed by atoms with E-state index in [-0.39, 0.29) is 25.1 Å². The summed E-state index contributed by atoms with van der Waals surface area (Å²) in [6, 6.07) is 0. The maximum absolute atomic E-state index is 11.4. The average Bonchev–Trinajstić information content (AvgIpc) is 2.34. The number of hydrogen-bond acceptors (Lipinski definition) is 4. The van der Waals surface area contributed by atoms with Crippen molar-refractivity contribution >= 4 is 11.9 Å². The van der Waals surface area contributed by atoms with Gasteiger partial charge in [-0.1, -0.05) is 20.3 Å². The van der Waals surface area contributed by atoms with E-state index in [1.54, 1.807) is 6.92 Å². The van der Waals surface area contributed by atoms with Crippen molar-refractivity contribution in [2.24, 2.45) is 5.41 Å². The Morgan fingerprint density at radius 3 is 2.33 bits per heavy atom. The topological polar surface area (TPSA) is 72.8 Å². The van der Waals surface area contributed by atoms with Crippen LogP contribution in [0.4, 0.5) is 0 Å². The number of esters is 1. The van der Waals surface area contributed by atoms with Crippen molar-refractivity contribution in [1.29, 1.82) is 0 Å². The molecule has 1 N–H and O–H groups in total. The number of ether oxygens (including phenoxy) is 2. The highest BCUT2D eigenvalue weighted by Crippen LogP contribution is 2.29. The van der Waals surface area contributed by atoms with Gasteiger partial charge in [0.15, 0.2) is 0 Å². The fourth-order valence-electron chi connectivity index (χ4n) is 1.83. The fourth-order valence-corrected chi connectivity index (χ4v) is 1.83. The zero-order chi connectivity index (χ0) is 14.2. The van der Waals surface area contributed by atoms with E-state index >= 15 is 0 Å². The van der Waals surface area contributed by atoms with Gasteiger partial charge < -0.3 is 14.6 Å². The summed E-state index contributed by atoms with van der Waals surface area (Å²) in [5.41, 5.74) is -0.848. The number of methoxy groups -OCH3 is 1. The van der Waals surface area contributed by atoms with Crippen LogP contribution in [0.3, 0.4) is 0 Å². The molecule has 2 atom stereocenters. The Hall–Kier alpha value is -1.10. The number of carboxylic acid groups (broad SMARTS) is 1. The molecule has 0 bridgehead atoms. The number of hydrogen-bond donors (Lipinski definition) is 1. The Balaban J connectivity index is 4.42. The lowest BCUT2D eigenvalue weighted by Crippen LogP contribution is -2.36. The molecule has 0 rings (SSSR count). The molecule has 5 heteroatoms. The Labute approximate surface area is 108 Å². The molecule has 0 saturated carbocycles. The largest absolute Gasteiger partial charge is 0.481 e. The van der Waals surface area contributed by atoms with Gasteiger partial charge in [0.1, 0.15) is 0 Å². The summed E-state index contributed by atoms with van der Waals surface area (Å²) in [5, 5.41) is 9.32. The number of carbonyl (C=O) groups excluding carboxylic acids is 1. The van der Waals surface area contributed by atoms with Crippen LogP contribution in [0.15, 0.2) is 0 Å². The molecule has 0 aromatic heterocycles. The molecule has 0 amide bonds. The highest BCUT2D eigenvalue weighted by Gasteiger charge is 2.36. The Morgan fingerprint density at radius 1 is 1.33 bits per heavy atom. The van der Waals surface area contributed by atoms with Gasteiger partial charge in [-0.2, -0.15) is 0 Å². The molecule has 106 valence electrons. The van der Waals surface area contributed by atoms with Gasteiger partial charge in [0.2, 0.25) is 0 Å². The van der Waals surface area contributed by atoms with E-state index in [0.29, 0.717) is 12.8 Å². The maximum Gasteiger partial charge on any atom is 0.311 e. The van der Waals surface area contributed by atoms with Gasteiger partial charge in [-0.25, -0.2) is 0 Å². The second-order valence-electron chi connectivity index (χ2n) is 4.59. The third-order valence-electron chi connectivity index (χ3n) is 3.18. The van der Waals surface area contributed by atoms with Gasteiger partial charge in [-0.3, -0.25) is 9.59 Å². The average molecular weight is 260 g/mol. The molecule has 0 aliphatic rings. The van der Waals surface area contributed by atoms with Gasteiger partial charge in [-0.05, 0) is 19.8 Å². The van der Waals surface area contributed by atoms with Crippen LogP contribution >= 0.6 is 0 Å². The molecular formula is C13H24O5. The quantitative estimate of drug-likeness (QED) is 0.644. The number of carbonyl (C=O) groups is 2. The van der Waals surface area contributed by atoms with E-state index in [0.717, 1.165) is 6.42 Å². The zero-order valence-electron chi connectivity index (χ0n) is 11.7. The van der Waals surface area contributed by atoms with Crippen molar-refractivity contribution < 1.29 is 24.2 Å². The fraction of sp³-hybridized carbons (Fsp3) is 0.846. The highest BCUT2D eigenvalue weighted by molar-refractivity contribution is 5.74. The van der Waals surface area contributed by atoms with E-state index in [9.17, 15) is 14.7 Å². The van der Waals surface area contributed by atoms with Crippen molar-refractivity contribution in [2.75, 3.05) is 13.7 Å². The third kappa shape index (κ3) is 5.04. The SMILES string of the molecule is CCCC(CC)(COC(C)CC(=O)OC)C(=O)O. The van der Waals surface area contributed by atoms with Gasteiger partial charge in [0.25, 0.3) is 0 Å². The normalized spacial score (nSPS) is 15.8. The molecule has 0 saturated heterocycles. The predicted molar refractivity (Wildman–Crippen MR) is 67.3 cm³/mol. The molecule has 0 spiro atoms. The van der Waals surface area contributed by atoms with Crippen molar-refractivity contribution in [3.63, 3.8) is 0 Å². The molecule has 2 unspecified atom stereocenters. The molecule has 0 aromatic carbocycles.